The first-order chi connectivity index (χ1) is 8.36. The number of anilines is 1. The van der Waals surface area contributed by atoms with E-state index in [9.17, 15) is 8.42 Å². The predicted octanol–water partition coefficient (Wildman–Crippen LogP) is 2.35. The van der Waals surface area contributed by atoms with Gasteiger partial charge < -0.3 is 5.32 Å². The minimum atomic E-state index is -3.30. The molecule has 1 unspecified atom stereocenters. The normalized spacial score (nSPS) is 13.8. The van der Waals surface area contributed by atoms with E-state index < -0.39 is 15.3 Å². The Bertz CT molecular complexity index is 468. The highest BCUT2D eigenvalue weighted by atomic mass is 32.2. The van der Waals surface area contributed by atoms with E-state index in [1.807, 2.05) is 12.3 Å². The summed E-state index contributed by atoms with van der Waals surface area (Å²) in [7, 11) is -3.30. The summed E-state index contributed by atoms with van der Waals surface area (Å²) >= 11 is 1.31. The molecule has 0 aliphatic carbocycles. The average Bonchev–Trinajstić information content (AvgIpc) is 2.73. The molecule has 0 amide bonds. The molecular formula is C11H21N3O2S2. The molecule has 0 fully saturated rings. The van der Waals surface area contributed by atoms with Crippen LogP contribution in [0.5, 0.6) is 0 Å². The van der Waals surface area contributed by atoms with Crippen molar-refractivity contribution in [2.24, 2.45) is 0 Å². The molecule has 1 heterocycles. The van der Waals surface area contributed by atoms with Gasteiger partial charge in [0.05, 0.1) is 10.9 Å². The van der Waals surface area contributed by atoms with Crippen LogP contribution in [0.3, 0.4) is 0 Å². The second-order valence-electron chi connectivity index (χ2n) is 4.45. The fourth-order valence-electron chi connectivity index (χ4n) is 1.24. The largest absolute Gasteiger partial charge is 0.309 e. The van der Waals surface area contributed by atoms with Crippen LogP contribution in [0.2, 0.25) is 0 Å². The van der Waals surface area contributed by atoms with Gasteiger partial charge in [0.25, 0.3) is 0 Å². The lowest BCUT2D eigenvalue weighted by molar-refractivity contribution is 0.561. The van der Waals surface area contributed by atoms with E-state index in [1.165, 1.54) is 11.3 Å². The van der Waals surface area contributed by atoms with Crippen molar-refractivity contribution in [3.63, 3.8) is 0 Å². The first-order valence-corrected chi connectivity index (χ1v) is 8.49. The van der Waals surface area contributed by atoms with Crippen LogP contribution >= 0.6 is 11.3 Å². The van der Waals surface area contributed by atoms with Crippen molar-refractivity contribution in [2.45, 2.75) is 45.4 Å². The van der Waals surface area contributed by atoms with Gasteiger partial charge in [0, 0.05) is 11.4 Å². The Balaban J connectivity index is 2.69. The number of aromatic nitrogens is 1. The number of thiazole rings is 1. The minimum absolute atomic E-state index is 0.138. The van der Waals surface area contributed by atoms with Gasteiger partial charge in [-0.05, 0) is 33.7 Å². The first-order valence-electron chi connectivity index (χ1n) is 6.07. The van der Waals surface area contributed by atoms with Gasteiger partial charge in [-0.25, -0.2) is 13.4 Å². The average molecular weight is 291 g/mol. The zero-order chi connectivity index (χ0) is 13.8. The second kappa shape index (κ2) is 6.49. The lowest BCUT2D eigenvalue weighted by Gasteiger charge is -2.10. The molecule has 0 aromatic carbocycles. The van der Waals surface area contributed by atoms with Gasteiger partial charge in [0.1, 0.15) is 0 Å². The van der Waals surface area contributed by atoms with Crippen LogP contribution in [0.4, 0.5) is 5.13 Å². The Morgan fingerprint density at radius 2 is 2.06 bits per heavy atom. The van der Waals surface area contributed by atoms with Gasteiger partial charge in [-0.3, -0.25) is 4.72 Å². The molecule has 0 aliphatic rings. The third-order valence-corrected chi connectivity index (χ3v) is 5.14. The summed E-state index contributed by atoms with van der Waals surface area (Å²) in [6.45, 7) is 8.32. The molecule has 1 aromatic rings. The van der Waals surface area contributed by atoms with Crippen LogP contribution in [0.15, 0.2) is 5.38 Å². The van der Waals surface area contributed by atoms with Crippen molar-refractivity contribution in [1.82, 2.24) is 10.3 Å². The number of rotatable bonds is 7. The topological polar surface area (TPSA) is 71.1 Å². The van der Waals surface area contributed by atoms with Gasteiger partial charge in [-0.2, -0.15) is 0 Å². The summed E-state index contributed by atoms with van der Waals surface area (Å²) in [5.41, 5.74) is 0.870. The molecule has 5 nitrogen and oxygen atoms in total. The highest BCUT2D eigenvalue weighted by Gasteiger charge is 2.18. The lowest BCUT2D eigenvalue weighted by atomic mass is 10.2. The van der Waals surface area contributed by atoms with E-state index in [0.29, 0.717) is 5.13 Å². The number of nitrogens with one attached hydrogen (secondary N) is 2. The smallest absolute Gasteiger partial charge is 0.236 e. The van der Waals surface area contributed by atoms with E-state index in [1.54, 1.807) is 13.8 Å². The zero-order valence-electron chi connectivity index (χ0n) is 11.2. The molecule has 18 heavy (non-hydrogen) atoms. The molecule has 1 rings (SSSR count). The van der Waals surface area contributed by atoms with E-state index >= 15 is 0 Å². The molecule has 0 saturated carbocycles. The third-order valence-electron chi connectivity index (χ3n) is 2.52. The summed E-state index contributed by atoms with van der Waals surface area (Å²) in [5.74, 6) is 0. The number of hydrogen-bond acceptors (Lipinski definition) is 5. The Kier molecular flexibility index (Phi) is 5.55. The van der Waals surface area contributed by atoms with Crippen molar-refractivity contribution in [3.8, 4) is 0 Å². The van der Waals surface area contributed by atoms with Crippen LogP contribution in [-0.4, -0.2) is 25.2 Å². The summed E-state index contributed by atoms with van der Waals surface area (Å²) < 4.78 is 25.9. The van der Waals surface area contributed by atoms with E-state index in [4.69, 9.17) is 0 Å². The summed E-state index contributed by atoms with van der Waals surface area (Å²) in [6, 6.07) is 0.138. The molecule has 1 aromatic heterocycles. The van der Waals surface area contributed by atoms with Crippen molar-refractivity contribution in [1.29, 1.82) is 0 Å². The molecule has 7 heteroatoms. The maximum Gasteiger partial charge on any atom is 0.236 e. The fourth-order valence-corrected chi connectivity index (χ4v) is 2.95. The van der Waals surface area contributed by atoms with Crippen LogP contribution in [0.1, 0.15) is 45.9 Å². The predicted molar refractivity (Wildman–Crippen MR) is 76.5 cm³/mol. The summed E-state index contributed by atoms with van der Waals surface area (Å²) in [6.07, 6.45) is 1.06. The summed E-state index contributed by atoms with van der Waals surface area (Å²) in [4.78, 5) is 4.30. The fraction of sp³-hybridized carbons (Fsp3) is 0.727. The molecule has 2 N–H and O–H groups in total. The van der Waals surface area contributed by atoms with Crippen LogP contribution < -0.4 is 10.0 Å². The van der Waals surface area contributed by atoms with Crippen LogP contribution in [-0.2, 0) is 10.0 Å². The monoisotopic (exact) mass is 291 g/mol. The van der Waals surface area contributed by atoms with E-state index in [-0.39, 0.29) is 6.04 Å². The molecule has 0 radical (unpaired) electrons. The molecular weight excluding hydrogens is 270 g/mol. The van der Waals surface area contributed by atoms with Crippen molar-refractivity contribution in [2.75, 3.05) is 11.3 Å². The highest BCUT2D eigenvalue weighted by molar-refractivity contribution is 7.93. The molecule has 1 atom stereocenters. The number of nitrogens with zero attached hydrogens (tertiary/aromatic N) is 1. The zero-order valence-corrected chi connectivity index (χ0v) is 12.9. The molecule has 0 aliphatic heterocycles. The van der Waals surface area contributed by atoms with Crippen molar-refractivity contribution < 1.29 is 8.42 Å². The molecule has 104 valence electrons. The third kappa shape index (κ3) is 4.22. The Hall–Kier alpha value is -0.660. The van der Waals surface area contributed by atoms with Gasteiger partial charge in [-0.15, -0.1) is 11.3 Å². The van der Waals surface area contributed by atoms with Crippen LogP contribution in [0.25, 0.3) is 0 Å². The Morgan fingerprint density at radius 1 is 1.39 bits per heavy atom. The first kappa shape index (κ1) is 15.4. The van der Waals surface area contributed by atoms with Crippen molar-refractivity contribution in [3.05, 3.63) is 11.1 Å². The maximum atomic E-state index is 11.7. The Morgan fingerprint density at radius 3 is 2.61 bits per heavy atom. The van der Waals surface area contributed by atoms with Crippen LogP contribution in [0, 0.1) is 0 Å². The summed E-state index contributed by atoms with van der Waals surface area (Å²) in [5, 5.41) is 5.17. The lowest BCUT2D eigenvalue weighted by Crippen LogP contribution is -2.23. The van der Waals surface area contributed by atoms with Gasteiger partial charge in [0.15, 0.2) is 5.13 Å². The minimum Gasteiger partial charge on any atom is -0.309 e. The van der Waals surface area contributed by atoms with Gasteiger partial charge >= 0.3 is 0 Å². The highest BCUT2D eigenvalue weighted by Crippen LogP contribution is 2.22. The second-order valence-corrected chi connectivity index (χ2v) is 7.54. The van der Waals surface area contributed by atoms with Crippen molar-refractivity contribution >= 4 is 26.5 Å². The van der Waals surface area contributed by atoms with Gasteiger partial charge in [-0.1, -0.05) is 6.92 Å². The SMILES string of the molecule is CCCNC(C)c1csc(NS(=O)(=O)C(C)C)n1. The van der Waals surface area contributed by atoms with E-state index in [0.717, 1.165) is 18.7 Å². The van der Waals surface area contributed by atoms with Gasteiger partial charge in [0.2, 0.25) is 10.0 Å². The molecule has 0 saturated heterocycles. The number of sulfonamides is 1. The van der Waals surface area contributed by atoms with E-state index in [2.05, 4.69) is 21.9 Å². The number of hydrogen-bond donors (Lipinski definition) is 2. The quantitative estimate of drug-likeness (QED) is 0.809. The molecule has 0 spiro atoms. The Labute approximate surface area is 113 Å². The maximum absolute atomic E-state index is 11.7. The molecule has 0 bridgehead atoms. The standard InChI is InChI=1S/C11H21N3O2S2/c1-5-6-12-9(4)10-7-17-11(13-10)14-18(15,16)8(2)3/h7-9,12H,5-6H2,1-4H3,(H,13,14).